The molecular weight excluding hydrogens is 313 g/mol. The van der Waals surface area contributed by atoms with Crippen LogP contribution in [0.15, 0.2) is 48.9 Å². The number of halogens is 1. The number of aromatic nitrogens is 4. The lowest BCUT2D eigenvalue weighted by Gasteiger charge is -2.05. The zero-order valence-corrected chi connectivity index (χ0v) is 12.8. The molecule has 0 atom stereocenters. The predicted molar refractivity (Wildman–Crippen MR) is 83.3 cm³/mol. The number of methoxy groups -OCH3 is 1. The van der Waals surface area contributed by atoms with Crippen LogP contribution in [0.1, 0.15) is 16.1 Å². The van der Waals surface area contributed by atoms with Crippen LogP contribution in [0.5, 0.6) is 5.75 Å². The summed E-state index contributed by atoms with van der Waals surface area (Å²) in [5.41, 5.74) is 1.59. The number of rotatable bonds is 5. The van der Waals surface area contributed by atoms with Gasteiger partial charge in [0.25, 0.3) is 5.91 Å². The largest absolute Gasteiger partial charge is 0.494 e. The van der Waals surface area contributed by atoms with Crippen LogP contribution < -0.4 is 10.1 Å². The third-order valence-corrected chi connectivity index (χ3v) is 3.31. The van der Waals surface area contributed by atoms with Gasteiger partial charge in [-0.3, -0.25) is 9.78 Å². The predicted octanol–water partition coefficient (Wildman–Crippen LogP) is 1.74. The molecule has 0 saturated carbocycles. The van der Waals surface area contributed by atoms with Crippen LogP contribution >= 0.6 is 0 Å². The summed E-state index contributed by atoms with van der Waals surface area (Å²) in [7, 11) is 1.37. The number of ether oxygens (including phenoxy) is 1. The van der Waals surface area contributed by atoms with Gasteiger partial charge in [-0.15, -0.1) is 5.10 Å². The molecule has 0 aliphatic carbocycles. The van der Waals surface area contributed by atoms with Crippen molar-refractivity contribution in [2.24, 2.45) is 0 Å². The molecule has 2 aromatic heterocycles. The number of carbonyl (C=O) groups excluding carboxylic acids is 1. The minimum Gasteiger partial charge on any atom is -0.494 e. The van der Waals surface area contributed by atoms with Gasteiger partial charge in [-0.2, -0.15) is 0 Å². The molecule has 1 N–H and O–H groups in total. The zero-order valence-electron chi connectivity index (χ0n) is 12.8. The third kappa shape index (κ3) is 3.37. The Bertz CT molecular complexity index is 851. The highest BCUT2D eigenvalue weighted by Gasteiger charge is 2.11. The van der Waals surface area contributed by atoms with Crippen LogP contribution in [0.4, 0.5) is 4.39 Å². The van der Waals surface area contributed by atoms with E-state index in [-0.39, 0.29) is 17.9 Å². The second-order valence-electron chi connectivity index (χ2n) is 4.89. The Balaban J connectivity index is 1.65. The first kappa shape index (κ1) is 15.6. The molecule has 0 unspecified atom stereocenters. The fourth-order valence-electron chi connectivity index (χ4n) is 2.08. The van der Waals surface area contributed by atoms with Crippen molar-refractivity contribution in [1.82, 2.24) is 25.3 Å². The second kappa shape index (κ2) is 6.86. The number of pyridine rings is 1. The van der Waals surface area contributed by atoms with E-state index in [0.29, 0.717) is 5.69 Å². The molecule has 8 heteroatoms. The number of carbonyl (C=O) groups is 1. The average molecular weight is 327 g/mol. The second-order valence-corrected chi connectivity index (χ2v) is 4.89. The summed E-state index contributed by atoms with van der Waals surface area (Å²) in [6.45, 7) is 0.178. The van der Waals surface area contributed by atoms with Crippen molar-refractivity contribution < 1.29 is 13.9 Å². The van der Waals surface area contributed by atoms with E-state index in [4.69, 9.17) is 4.74 Å². The summed E-state index contributed by atoms with van der Waals surface area (Å²) in [6, 6.07) is 7.60. The van der Waals surface area contributed by atoms with Crippen molar-refractivity contribution in [2.45, 2.75) is 6.54 Å². The number of hydrogen-bond acceptors (Lipinski definition) is 5. The molecule has 1 aromatic carbocycles. The lowest BCUT2D eigenvalue weighted by molar-refractivity contribution is 0.0950. The molecule has 0 fully saturated rings. The number of benzene rings is 1. The minimum absolute atomic E-state index is 0.0897. The lowest BCUT2D eigenvalue weighted by atomic mass is 10.2. The van der Waals surface area contributed by atoms with Crippen LogP contribution in [0.2, 0.25) is 0 Å². The Hall–Kier alpha value is -3.29. The molecule has 3 rings (SSSR count). The summed E-state index contributed by atoms with van der Waals surface area (Å²) in [6.07, 6.45) is 5.00. The number of amides is 1. The summed E-state index contributed by atoms with van der Waals surface area (Å²) < 4.78 is 20.0. The SMILES string of the molecule is COc1ccc(C(=O)NCc2cn(-c3ccncc3)nn2)cc1F. The molecule has 0 radical (unpaired) electrons. The van der Waals surface area contributed by atoms with Crippen LogP contribution in [-0.4, -0.2) is 33.0 Å². The van der Waals surface area contributed by atoms with E-state index in [9.17, 15) is 9.18 Å². The summed E-state index contributed by atoms with van der Waals surface area (Å²) in [5, 5.41) is 10.6. The summed E-state index contributed by atoms with van der Waals surface area (Å²) >= 11 is 0. The Morgan fingerprint density at radius 3 is 2.79 bits per heavy atom. The van der Waals surface area contributed by atoms with E-state index in [1.807, 2.05) is 0 Å². The van der Waals surface area contributed by atoms with E-state index < -0.39 is 11.7 Å². The number of nitrogens with zero attached hydrogens (tertiary/aromatic N) is 4. The molecule has 0 aliphatic heterocycles. The van der Waals surface area contributed by atoms with Crippen LogP contribution in [-0.2, 0) is 6.54 Å². The van der Waals surface area contributed by atoms with Gasteiger partial charge in [0.1, 0.15) is 5.69 Å². The molecule has 0 aliphatic rings. The fraction of sp³-hybridized carbons (Fsp3) is 0.125. The fourth-order valence-corrected chi connectivity index (χ4v) is 2.08. The molecule has 122 valence electrons. The van der Waals surface area contributed by atoms with E-state index in [1.54, 1.807) is 35.4 Å². The maximum Gasteiger partial charge on any atom is 0.251 e. The van der Waals surface area contributed by atoms with E-state index in [1.165, 1.54) is 19.2 Å². The maximum atomic E-state index is 13.6. The normalized spacial score (nSPS) is 10.4. The van der Waals surface area contributed by atoms with Gasteiger partial charge in [0, 0.05) is 18.0 Å². The standard InChI is InChI=1S/C16H14FN5O2/c1-24-15-3-2-11(8-14(15)17)16(23)19-9-12-10-22(21-20-12)13-4-6-18-7-5-13/h2-8,10H,9H2,1H3,(H,19,23). The van der Waals surface area contributed by atoms with Crippen molar-refractivity contribution >= 4 is 5.91 Å². The van der Waals surface area contributed by atoms with Gasteiger partial charge in [-0.1, -0.05) is 5.21 Å². The smallest absolute Gasteiger partial charge is 0.251 e. The highest BCUT2D eigenvalue weighted by Crippen LogP contribution is 2.17. The highest BCUT2D eigenvalue weighted by molar-refractivity contribution is 5.94. The molecule has 7 nitrogen and oxygen atoms in total. The van der Waals surface area contributed by atoms with Crippen molar-refractivity contribution in [1.29, 1.82) is 0 Å². The van der Waals surface area contributed by atoms with Crippen LogP contribution in [0.3, 0.4) is 0 Å². The van der Waals surface area contributed by atoms with E-state index >= 15 is 0 Å². The molecule has 24 heavy (non-hydrogen) atoms. The Labute approximate surface area is 137 Å². The van der Waals surface area contributed by atoms with Gasteiger partial charge in [0.05, 0.1) is 25.5 Å². The minimum atomic E-state index is -0.589. The van der Waals surface area contributed by atoms with Gasteiger partial charge >= 0.3 is 0 Å². The van der Waals surface area contributed by atoms with Crippen LogP contribution in [0.25, 0.3) is 5.69 Å². The molecule has 2 heterocycles. The molecule has 0 saturated heterocycles. The summed E-state index contributed by atoms with van der Waals surface area (Å²) in [4.78, 5) is 16.0. The Kier molecular flexibility index (Phi) is 4.46. The monoisotopic (exact) mass is 327 g/mol. The van der Waals surface area contributed by atoms with Gasteiger partial charge in [0.15, 0.2) is 11.6 Å². The van der Waals surface area contributed by atoms with Gasteiger partial charge in [-0.05, 0) is 30.3 Å². The Morgan fingerprint density at radius 1 is 1.29 bits per heavy atom. The third-order valence-electron chi connectivity index (χ3n) is 3.31. The Morgan fingerprint density at radius 2 is 2.08 bits per heavy atom. The van der Waals surface area contributed by atoms with Gasteiger partial charge in [0.2, 0.25) is 0 Å². The molecule has 0 spiro atoms. The molecule has 3 aromatic rings. The topological polar surface area (TPSA) is 81.9 Å². The molecule has 1 amide bonds. The van der Waals surface area contributed by atoms with Crippen molar-refractivity contribution in [3.8, 4) is 11.4 Å². The quantitative estimate of drug-likeness (QED) is 0.772. The first-order valence-electron chi connectivity index (χ1n) is 7.11. The number of hydrogen-bond donors (Lipinski definition) is 1. The van der Waals surface area contributed by atoms with E-state index in [0.717, 1.165) is 11.8 Å². The van der Waals surface area contributed by atoms with Crippen molar-refractivity contribution in [2.75, 3.05) is 7.11 Å². The first-order valence-corrected chi connectivity index (χ1v) is 7.11. The average Bonchev–Trinajstić information content (AvgIpc) is 3.09. The molecule has 0 bridgehead atoms. The number of nitrogens with one attached hydrogen (secondary N) is 1. The highest BCUT2D eigenvalue weighted by atomic mass is 19.1. The lowest BCUT2D eigenvalue weighted by Crippen LogP contribution is -2.23. The van der Waals surface area contributed by atoms with Gasteiger partial charge < -0.3 is 10.1 Å². The van der Waals surface area contributed by atoms with Crippen molar-refractivity contribution in [3.05, 3.63) is 66.0 Å². The van der Waals surface area contributed by atoms with Gasteiger partial charge in [-0.25, -0.2) is 9.07 Å². The first-order chi connectivity index (χ1) is 11.7. The molecular formula is C16H14FN5O2. The zero-order chi connectivity index (χ0) is 16.9. The van der Waals surface area contributed by atoms with Crippen molar-refractivity contribution in [3.63, 3.8) is 0 Å². The van der Waals surface area contributed by atoms with E-state index in [2.05, 4.69) is 20.6 Å². The van der Waals surface area contributed by atoms with Crippen LogP contribution in [0, 0.1) is 5.82 Å². The maximum absolute atomic E-state index is 13.6. The summed E-state index contributed by atoms with van der Waals surface area (Å²) in [5.74, 6) is -0.907.